The first-order valence-electron chi connectivity index (χ1n) is 5.06. The fourth-order valence-electron chi connectivity index (χ4n) is 1.82. The van der Waals surface area contributed by atoms with E-state index in [1.54, 1.807) is 0 Å². The summed E-state index contributed by atoms with van der Waals surface area (Å²) in [6.07, 6.45) is -0.245. The zero-order valence-corrected chi connectivity index (χ0v) is 10.7. The lowest BCUT2D eigenvalue weighted by Crippen LogP contribution is -2.32. The summed E-state index contributed by atoms with van der Waals surface area (Å²) in [4.78, 5) is 12.7. The van der Waals surface area contributed by atoms with Crippen molar-refractivity contribution in [3.8, 4) is 0 Å². The highest BCUT2D eigenvalue weighted by Gasteiger charge is 2.38. The van der Waals surface area contributed by atoms with E-state index in [1.165, 1.54) is 12.1 Å². The molecule has 2 N–H and O–H groups in total. The number of amides is 1. The summed E-state index contributed by atoms with van der Waals surface area (Å²) in [5.41, 5.74) is -0.0290. The van der Waals surface area contributed by atoms with Gasteiger partial charge in [-0.15, -0.1) is 0 Å². The molecule has 1 aliphatic rings. The number of hydrogen-bond acceptors (Lipinski definition) is 3. The van der Waals surface area contributed by atoms with Crippen LogP contribution in [0.5, 0.6) is 0 Å². The Morgan fingerprint density at radius 2 is 2.11 bits per heavy atom. The van der Waals surface area contributed by atoms with Gasteiger partial charge in [-0.1, -0.05) is 11.6 Å². The first-order valence-corrected chi connectivity index (χ1v) is 7.05. The highest BCUT2D eigenvalue weighted by molar-refractivity contribution is 7.89. The van der Waals surface area contributed by atoms with Crippen molar-refractivity contribution < 1.29 is 17.6 Å². The maximum atomic E-state index is 13.6. The van der Waals surface area contributed by atoms with E-state index in [0.29, 0.717) is 0 Å². The minimum absolute atomic E-state index is 0.0290. The lowest BCUT2D eigenvalue weighted by Gasteiger charge is -2.17. The molecule has 1 fully saturated rings. The minimum Gasteiger partial charge on any atom is -0.308 e. The van der Waals surface area contributed by atoms with Crippen LogP contribution in [0.2, 0.25) is 5.02 Å². The molecule has 0 bridgehead atoms. The van der Waals surface area contributed by atoms with E-state index in [1.807, 2.05) is 0 Å². The number of halogens is 2. The normalized spacial score (nSPS) is 20.5. The molecule has 1 amide bonds. The van der Waals surface area contributed by atoms with Gasteiger partial charge < -0.3 is 4.90 Å². The van der Waals surface area contributed by atoms with E-state index in [4.69, 9.17) is 16.7 Å². The number of nitrogens with zero attached hydrogens (tertiary/aromatic N) is 1. The van der Waals surface area contributed by atoms with E-state index >= 15 is 0 Å². The van der Waals surface area contributed by atoms with Crippen molar-refractivity contribution in [3.63, 3.8) is 0 Å². The van der Waals surface area contributed by atoms with Crippen LogP contribution in [0.15, 0.2) is 18.2 Å². The largest absolute Gasteiger partial charge is 0.308 e. The summed E-state index contributed by atoms with van der Waals surface area (Å²) in [6.45, 7) is -0.158. The molecule has 1 aromatic carbocycles. The van der Waals surface area contributed by atoms with Crippen LogP contribution in [0.4, 0.5) is 10.1 Å². The van der Waals surface area contributed by atoms with Crippen molar-refractivity contribution in [1.29, 1.82) is 0 Å². The Morgan fingerprint density at radius 1 is 1.44 bits per heavy atom. The highest BCUT2D eigenvalue weighted by Crippen LogP contribution is 2.28. The topological polar surface area (TPSA) is 80.5 Å². The number of nitrogens with two attached hydrogens (primary N) is 1. The van der Waals surface area contributed by atoms with Crippen LogP contribution in [0.3, 0.4) is 0 Å². The second-order valence-corrected chi connectivity index (χ2v) is 6.30. The van der Waals surface area contributed by atoms with Crippen LogP contribution in [-0.4, -0.2) is 26.1 Å². The molecule has 1 saturated heterocycles. The summed E-state index contributed by atoms with van der Waals surface area (Å²) in [5.74, 6) is -1.13. The fourth-order valence-corrected chi connectivity index (χ4v) is 2.72. The Kier molecular flexibility index (Phi) is 3.31. The molecule has 5 nitrogen and oxygen atoms in total. The molecule has 0 aromatic heterocycles. The van der Waals surface area contributed by atoms with Crippen molar-refractivity contribution in [2.75, 3.05) is 11.4 Å². The molecule has 98 valence electrons. The van der Waals surface area contributed by atoms with Crippen molar-refractivity contribution in [2.24, 2.45) is 5.14 Å². The third-order valence-electron chi connectivity index (χ3n) is 2.75. The number of rotatable bonds is 2. The van der Waals surface area contributed by atoms with E-state index in [9.17, 15) is 17.6 Å². The number of anilines is 1. The molecule has 0 radical (unpaired) electrons. The standard InChI is InChI=1S/C10H10ClFN2O3S/c11-6-1-2-8(12)9(3-6)14-5-7(4-10(14)15)18(13,16)17/h1-3,7H,4-5H2,(H2,13,16,17). The molecule has 2 rings (SSSR count). The third kappa shape index (κ3) is 2.47. The van der Waals surface area contributed by atoms with Gasteiger partial charge in [0.05, 0.1) is 5.69 Å². The molecule has 18 heavy (non-hydrogen) atoms. The Labute approximate surface area is 108 Å². The van der Waals surface area contributed by atoms with Crippen molar-refractivity contribution >= 4 is 33.2 Å². The van der Waals surface area contributed by atoms with Gasteiger partial charge in [0, 0.05) is 18.0 Å². The van der Waals surface area contributed by atoms with E-state index in [0.717, 1.165) is 11.0 Å². The summed E-state index contributed by atoms with van der Waals surface area (Å²) in [7, 11) is -3.82. The third-order valence-corrected chi connectivity index (χ3v) is 4.23. The quantitative estimate of drug-likeness (QED) is 0.878. The van der Waals surface area contributed by atoms with Gasteiger partial charge >= 0.3 is 0 Å². The molecule has 0 saturated carbocycles. The number of hydrogen-bond donors (Lipinski definition) is 1. The Bertz CT molecular complexity index is 605. The maximum Gasteiger partial charge on any atom is 0.228 e. The van der Waals surface area contributed by atoms with Crippen molar-refractivity contribution in [2.45, 2.75) is 11.7 Å². The van der Waals surface area contributed by atoms with Gasteiger partial charge in [0.15, 0.2) is 0 Å². The second-order valence-electron chi connectivity index (χ2n) is 4.02. The number of carbonyl (C=O) groups is 1. The van der Waals surface area contributed by atoms with E-state index in [-0.39, 0.29) is 23.7 Å². The Morgan fingerprint density at radius 3 is 2.67 bits per heavy atom. The first kappa shape index (κ1) is 13.3. The average Bonchev–Trinajstić information content (AvgIpc) is 2.64. The SMILES string of the molecule is NS(=O)(=O)C1CC(=O)N(c2cc(Cl)ccc2F)C1. The number of sulfonamides is 1. The number of benzene rings is 1. The molecule has 1 aromatic rings. The van der Waals surface area contributed by atoms with Crippen LogP contribution in [0, 0.1) is 5.82 Å². The lowest BCUT2D eigenvalue weighted by atomic mass is 10.3. The van der Waals surface area contributed by atoms with Gasteiger partial charge in [-0.2, -0.15) is 0 Å². The predicted octanol–water partition coefficient (Wildman–Crippen LogP) is 0.873. The van der Waals surface area contributed by atoms with Gasteiger partial charge in [-0.3, -0.25) is 4.79 Å². The summed E-state index contributed by atoms with van der Waals surface area (Å²) in [6, 6.07) is 3.74. The lowest BCUT2D eigenvalue weighted by molar-refractivity contribution is -0.117. The first-order chi connectivity index (χ1) is 8.29. The maximum absolute atomic E-state index is 13.6. The highest BCUT2D eigenvalue weighted by atomic mass is 35.5. The monoisotopic (exact) mass is 292 g/mol. The molecule has 0 aliphatic carbocycles. The van der Waals surface area contributed by atoms with Gasteiger partial charge in [0.1, 0.15) is 11.1 Å². The van der Waals surface area contributed by atoms with Gasteiger partial charge in [0.2, 0.25) is 15.9 Å². The fraction of sp³-hybridized carbons (Fsp3) is 0.300. The van der Waals surface area contributed by atoms with Crippen LogP contribution in [0.1, 0.15) is 6.42 Å². The van der Waals surface area contributed by atoms with Crippen LogP contribution < -0.4 is 10.0 Å². The number of carbonyl (C=O) groups excluding carboxylic acids is 1. The van der Waals surface area contributed by atoms with Gasteiger partial charge in [0.25, 0.3) is 0 Å². The molecule has 1 heterocycles. The summed E-state index contributed by atoms with van der Waals surface area (Å²) in [5, 5.41) is 4.24. The average molecular weight is 293 g/mol. The molecule has 0 spiro atoms. The van der Waals surface area contributed by atoms with Crippen LogP contribution in [0.25, 0.3) is 0 Å². The van der Waals surface area contributed by atoms with Crippen LogP contribution in [-0.2, 0) is 14.8 Å². The molecular weight excluding hydrogens is 283 g/mol. The summed E-state index contributed by atoms with van der Waals surface area (Å²) >= 11 is 5.72. The van der Waals surface area contributed by atoms with Crippen molar-refractivity contribution in [3.05, 3.63) is 29.0 Å². The van der Waals surface area contributed by atoms with Gasteiger partial charge in [-0.25, -0.2) is 17.9 Å². The Balaban J connectivity index is 2.35. The minimum atomic E-state index is -3.82. The second kappa shape index (κ2) is 4.49. The zero-order chi connectivity index (χ0) is 13.5. The predicted molar refractivity (Wildman–Crippen MR) is 65.3 cm³/mol. The number of primary sulfonamides is 1. The molecular formula is C10H10ClFN2O3S. The summed E-state index contributed by atoms with van der Waals surface area (Å²) < 4.78 is 36.0. The molecule has 1 aliphatic heterocycles. The van der Waals surface area contributed by atoms with E-state index < -0.39 is 27.0 Å². The Hall–Kier alpha value is -1.18. The van der Waals surface area contributed by atoms with Gasteiger partial charge in [-0.05, 0) is 18.2 Å². The molecule has 1 atom stereocenters. The van der Waals surface area contributed by atoms with Crippen molar-refractivity contribution in [1.82, 2.24) is 0 Å². The molecule has 8 heteroatoms. The zero-order valence-electron chi connectivity index (χ0n) is 9.14. The smallest absolute Gasteiger partial charge is 0.228 e. The molecule has 1 unspecified atom stereocenters. The van der Waals surface area contributed by atoms with Crippen LogP contribution >= 0.6 is 11.6 Å². The van der Waals surface area contributed by atoms with E-state index in [2.05, 4.69) is 0 Å².